The highest BCUT2D eigenvalue weighted by atomic mass is 16.3. The minimum absolute atomic E-state index is 0.153. The third-order valence-corrected chi connectivity index (χ3v) is 4.33. The van der Waals surface area contributed by atoms with Crippen molar-refractivity contribution in [3.05, 3.63) is 0 Å². The van der Waals surface area contributed by atoms with E-state index in [-0.39, 0.29) is 18.4 Å². The Morgan fingerprint density at radius 2 is 1.55 bits per heavy atom. The maximum Gasteiger partial charge on any atom is 0.223 e. The number of hydrogen-bond donors (Lipinski definition) is 1. The molecule has 1 rings (SSSR count). The Morgan fingerprint density at radius 1 is 1.00 bits per heavy atom. The normalized spacial score (nSPS) is 19.0. The van der Waals surface area contributed by atoms with E-state index in [0.717, 1.165) is 19.5 Å². The van der Waals surface area contributed by atoms with Crippen LogP contribution in [0.25, 0.3) is 0 Å². The van der Waals surface area contributed by atoms with Crippen molar-refractivity contribution in [1.82, 2.24) is 4.90 Å². The van der Waals surface area contributed by atoms with Crippen LogP contribution in [0.1, 0.15) is 77.6 Å². The summed E-state index contributed by atoms with van der Waals surface area (Å²) in [7, 11) is 0. The fourth-order valence-corrected chi connectivity index (χ4v) is 2.98. The van der Waals surface area contributed by atoms with Gasteiger partial charge >= 0.3 is 0 Å². The molecule has 0 spiro atoms. The van der Waals surface area contributed by atoms with E-state index in [4.69, 9.17) is 5.11 Å². The summed E-state index contributed by atoms with van der Waals surface area (Å²) in [5, 5.41) is 9.07. The number of unbranched alkanes of at least 4 members (excludes halogenated alkanes) is 9. The molecule has 1 saturated heterocycles. The molecule has 1 heterocycles. The fourth-order valence-electron chi connectivity index (χ4n) is 2.98. The Bertz CT molecular complexity index is 255. The maximum atomic E-state index is 11.6. The van der Waals surface area contributed by atoms with Crippen molar-refractivity contribution in [1.29, 1.82) is 0 Å². The number of aliphatic hydroxyl groups is 1. The van der Waals surface area contributed by atoms with Gasteiger partial charge in [0.05, 0.1) is 0 Å². The van der Waals surface area contributed by atoms with Crippen molar-refractivity contribution in [2.24, 2.45) is 5.92 Å². The van der Waals surface area contributed by atoms with Gasteiger partial charge in [-0.3, -0.25) is 4.79 Å². The molecule has 3 heteroatoms. The first-order valence-corrected chi connectivity index (χ1v) is 8.66. The largest absolute Gasteiger partial charge is 0.396 e. The molecule has 1 aliphatic heterocycles. The van der Waals surface area contributed by atoms with Crippen LogP contribution in [0.4, 0.5) is 0 Å². The molecule has 0 radical (unpaired) electrons. The standard InChI is InChI=1S/C17H33NO2/c1-2-3-4-5-6-7-8-9-10-11-12-18-14-16(15-19)13-17(18)20/h16,19H,2-15H2,1H3. The highest BCUT2D eigenvalue weighted by Crippen LogP contribution is 2.18. The van der Waals surface area contributed by atoms with Gasteiger partial charge in [-0.2, -0.15) is 0 Å². The zero-order valence-corrected chi connectivity index (χ0v) is 13.3. The van der Waals surface area contributed by atoms with Gasteiger partial charge in [-0.05, 0) is 6.42 Å². The minimum Gasteiger partial charge on any atom is -0.396 e. The SMILES string of the molecule is CCCCCCCCCCCCN1CC(CO)CC1=O. The van der Waals surface area contributed by atoms with Gasteiger partial charge in [0.1, 0.15) is 0 Å². The van der Waals surface area contributed by atoms with Crippen molar-refractivity contribution < 1.29 is 9.90 Å². The van der Waals surface area contributed by atoms with E-state index in [0.29, 0.717) is 6.42 Å². The van der Waals surface area contributed by atoms with E-state index in [9.17, 15) is 4.79 Å². The molecule has 3 nitrogen and oxygen atoms in total. The third-order valence-electron chi connectivity index (χ3n) is 4.33. The highest BCUT2D eigenvalue weighted by Gasteiger charge is 2.28. The van der Waals surface area contributed by atoms with Gasteiger partial charge in [0.2, 0.25) is 5.91 Å². The van der Waals surface area contributed by atoms with Crippen LogP contribution < -0.4 is 0 Å². The lowest BCUT2D eigenvalue weighted by Gasteiger charge is -2.15. The molecule has 20 heavy (non-hydrogen) atoms. The van der Waals surface area contributed by atoms with Gasteiger partial charge in [-0.15, -0.1) is 0 Å². The van der Waals surface area contributed by atoms with E-state index in [1.807, 2.05) is 4.90 Å². The number of likely N-dealkylation sites (tertiary alicyclic amines) is 1. The zero-order valence-electron chi connectivity index (χ0n) is 13.3. The predicted molar refractivity (Wildman–Crippen MR) is 83.6 cm³/mol. The van der Waals surface area contributed by atoms with E-state index < -0.39 is 0 Å². The van der Waals surface area contributed by atoms with Crippen LogP contribution in [0.2, 0.25) is 0 Å². The monoisotopic (exact) mass is 283 g/mol. The van der Waals surface area contributed by atoms with Gasteiger partial charge in [-0.1, -0.05) is 64.7 Å². The molecule has 0 aromatic heterocycles. The zero-order chi connectivity index (χ0) is 14.6. The minimum atomic E-state index is 0.153. The molecule has 1 aliphatic rings. The molecule has 0 aliphatic carbocycles. The number of aliphatic hydroxyl groups excluding tert-OH is 1. The lowest BCUT2D eigenvalue weighted by molar-refractivity contribution is -0.127. The molecule has 1 atom stereocenters. The number of carbonyl (C=O) groups is 1. The second-order valence-electron chi connectivity index (χ2n) is 6.27. The number of nitrogens with zero attached hydrogens (tertiary/aromatic N) is 1. The van der Waals surface area contributed by atoms with E-state index in [1.54, 1.807) is 0 Å². The van der Waals surface area contributed by atoms with Gasteiger partial charge in [0.25, 0.3) is 0 Å². The Labute approximate surface area is 124 Å². The molecule has 1 fully saturated rings. The van der Waals surface area contributed by atoms with Crippen molar-refractivity contribution in [3.8, 4) is 0 Å². The Kier molecular flexibility index (Phi) is 9.73. The van der Waals surface area contributed by atoms with Crippen LogP contribution in [0.15, 0.2) is 0 Å². The van der Waals surface area contributed by atoms with Crippen LogP contribution in [0.3, 0.4) is 0 Å². The Balaban J connectivity index is 1.86. The number of hydrogen-bond acceptors (Lipinski definition) is 2. The van der Waals surface area contributed by atoms with Crippen molar-refractivity contribution in [2.45, 2.75) is 77.6 Å². The Morgan fingerprint density at radius 3 is 2.05 bits per heavy atom. The molecule has 118 valence electrons. The molecular weight excluding hydrogens is 250 g/mol. The summed E-state index contributed by atoms with van der Waals surface area (Å²) in [6.45, 7) is 4.08. The topological polar surface area (TPSA) is 40.5 Å². The molecule has 0 saturated carbocycles. The smallest absolute Gasteiger partial charge is 0.223 e. The first kappa shape index (κ1) is 17.5. The molecular formula is C17H33NO2. The third kappa shape index (κ3) is 7.28. The van der Waals surface area contributed by atoms with Crippen molar-refractivity contribution in [3.63, 3.8) is 0 Å². The first-order chi connectivity index (χ1) is 9.77. The van der Waals surface area contributed by atoms with Gasteiger partial charge in [0.15, 0.2) is 0 Å². The number of rotatable bonds is 12. The second-order valence-corrected chi connectivity index (χ2v) is 6.27. The van der Waals surface area contributed by atoms with E-state index >= 15 is 0 Å². The second kappa shape index (κ2) is 11.1. The van der Waals surface area contributed by atoms with Crippen molar-refractivity contribution >= 4 is 5.91 Å². The van der Waals surface area contributed by atoms with Crippen LogP contribution in [0.5, 0.6) is 0 Å². The predicted octanol–water partition coefficient (Wildman–Crippen LogP) is 3.75. The maximum absolute atomic E-state index is 11.6. The summed E-state index contributed by atoms with van der Waals surface area (Å²) in [5.41, 5.74) is 0. The molecule has 0 aromatic carbocycles. The summed E-state index contributed by atoms with van der Waals surface area (Å²) in [5.74, 6) is 0.422. The quantitative estimate of drug-likeness (QED) is 0.554. The molecule has 1 amide bonds. The first-order valence-electron chi connectivity index (χ1n) is 8.66. The summed E-state index contributed by atoms with van der Waals surface area (Å²) in [6.07, 6.45) is 13.8. The number of carbonyl (C=O) groups excluding carboxylic acids is 1. The molecule has 1 N–H and O–H groups in total. The van der Waals surface area contributed by atoms with Gasteiger partial charge in [-0.25, -0.2) is 0 Å². The van der Waals surface area contributed by atoms with Crippen LogP contribution in [0, 0.1) is 5.92 Å². The van der Waals surface area contributed by atoms with Crippen LogP contribution in [-0.2, 0) is 4.79 Å². The lowest BCUT2D eigenvalue weighted by atomic mass is 10.1. The molecule has 0 aromatic rings. The summed E-state index contributed by atoms with van der Waals surface area (Å²) < 4.78 is 0. The molecule has 0 bridgehead atoms. The van der Waals surface area contributed by atoms with Crippen molar-refractivity contribution in [2.75, 3.05) is 19.7 Å². The van der Waals surface area contributed by atoms with Crippen LogP contribution in [-0.4, -0.2) is 35.6 Å². The van der Waals surface area contributed by atoms with Gasteiger partial charge < -0.3 is 10.0 Å². The summed E-state index contributed by atoms with van der Waals surface area (Å²) in [6, 6.07) is 0. The number of amides is 1. The highest BCUT2D eigenvalue weighted by molar-refractivity contribution is 5.78. The molecule has 1 unspecified atom stereocenters. The van der Waals surface area contributed by atoms with Gasteiger partial charge in [0, 0.05) is 32.0 Å². The van der Waals surface area contributed by atoms with E-state index in [2.05, 4.69) is 6.92 Å². The lowest BCUT2D eigenvalue weighted by Crippen LogP contribution is -2.26. The summed E-state index contributed by atoms with van der Waals surface area (Å²) >= 11 is 0. The Hall–Kier alpha value is -0.570. The average molecular weight is 283 g/mol. The fraction of sp³-hybridized carbons (Fsp3) is 0.941. The van der Waals surface area contributed by atoms with Crippen LogP contribution >= 0.6 is 0 Å². The average Bonchev–Trinajstić information content (AvgIpc) is 2.81. The summed E-state index contributed by atoms with van der Waals surface area (Å²) in [4.78, 5) is 13.6. The van der Waals surface area contributed by atoms with E-state index in [1.165, 1.54) is 57.8 Å².